The molecule has 2 aromatic rings. The van der Waals surface area contributed by atoms with Crippen LogP contribution in [0.25, 0.3) is 0 Å². The molecule has 1 aromatic carbocycles. The lowest BCUT2D eigenvalue weighted by Crippen LogP contribution is -2.13. The summed E-state index contributed by atoms with van der Waals surface area (Å²) < 4.78 is 4.88. The maximum absolute atomic E-state index is 5.63. The van der Waals surface area contributed by atoms with Crippen LogP contribution in [0.4, 0.5) is 5.69 Å². The molecule has 6 heteroatoms. The van der Waals surface area contributed by atoms with Gasteiger partial charge in [-0.05, 0) is 12.1 Å². The zero-order chi connectivity index (χ0) is 12.3. The SMILES string of the molecule is Cc1nc(CNc2ccccc2C(N)=S)no1. The second-order valence-corrected chi connectivity index (χ2v) is 3.93. The summed E-state index contributed by atoms with van der Waals surface area (Å²) in [5, 5.41) is 6.96. The molecule has 5 nitrogen and oxygen atoms in total. The van der Waals surface area contributed by atoms with E-state index in [0.717, 1.165) is 11.3 Å². The molecule has 0 fully saturated rings. The Bertz CT molecular complexity index is 538. The molecule has 0 spiro atoms. The number of thiocarbonyl (C=S) groups is 1. The molecule has 3 N–H and O–H groups in total. The summed E-state index contributed by atoms with van der Waals surface area (Å²) in [6.07, 6.45) is 0. The van der Waals surface area contributed by atoms with Gasteiger partial charge in [0.15, 0.2) is 5.82 Å². The Morgan fingerprint density at radius 2 is 2.24 bits per heavy atom. The van der Waals surface area contributed by atoms with Gasteiger partial charge >= 0.3 is 0 Å². The minimum atomic E-state index is 0.359. The topological polar surface area (TPSA) is 77.0 Å². The lowest BCUT2D eigenvalue weighted by molar-refractivity contribution is 0.388. The highest BCUT2D eigenvalue weighted by Gasteiger charge is 2.06. The Kier molecular flexibility index (Phi) is 3.34. The van der Waals surface area contributed by atoms with Crippen LogP contribution in [0, 0.1) is 6.92 Å². The van der Waals surface area contributed by atoms with E-state index in [-0.39, 0.29) is 0 Å². The van der Waals surface area contributed by atoms with Crippen LogP contribution in [0.5, 0.6) is 0 Å². The number of nitrogens with two attached hydrogens (primary N) is 1. The highest BCUT2D eigenvalue weighted by molar-refractivity contribution is 7.80. The van der Waals surface area contributed by atoms with Crippen LogP contribution in [0.2, 0.25) is 0 Å². The molecular formula is C11H12N4OS. The summed E-state index contributed by atoms with van der Waals surface area (Å²) in [7, 11) is 0. The Morgan fingerprint density at radius 3 is 2.88 bits per heavy atom. The van der Waals surface area contributed by atoms with Gasteiger partial charge in [-0.15, -0.1) is 0 Å². The molecule has 0 saturated carbocycles. The smallest absolute Gasteiger partial charge is 0.223 e. The van der Waals surface area contributed by atoms with E-state index < -0.39 is 0 Å². The monoisotopic (exact) mass is 248 g/mol. The van der Waals surface area contributed by atoms with Crippen molar-refractivity contribution in [3.8, 4) is 0 Å². The van der Waals surface area contributed by atoms with Gasteiger partial charge in [0.2, 0.25) is 5.89 Å². The van der Waals surface area contributed by atoms with E-state index in [0.29, 0.717) is 23.2 Å². The van der Waals surface area contributed by atoms with E-state index in [4.69, 9.17) is 22.5 Å². The molecule has 0 aliphatic rings. The van der Waals surface area contributed by atoms with E-state index in [1.165, 1.54) is 0 Å². The van der Waals surface area contributed by atoms with Crippen molar-refractivity contribution < 1.29 is 4.52 Å². The van der Waals surface area contributed by atoms with Gasteiger partial charge < -0.3 is 15.6 Å². The summed E-state index contributed by atoms with van der Waals surface area (Å²) in [6.45, 7) is 2.22. The number of benzene rings is 1. The fraction of sp³-hybridized carbons (Fsp3) is 0.182. The quantitative estimate of drug-likeness (QED) is 0.801. The zero-order valence-electron chi connectivity index (χ0n) is 9.30. The number of nitrogens with zero attached hydrogens (tertiary/aromatic N) is 2. The number of anilines is 1. The number of hydrogen-bond acceptors (Lipinski definition) is 5. The third-order valence-electron chi connectivity index (χ3n) is 2.20. The molecule has 0 radical (unpaired) electrons. The third kappa shape index (κ3) is 2.79. The summed E-state index contributed by atoms with van der Waals surface area (Å²) in [5.41, 5.74) is 7.30. The van der Waals surface area contributed by atoms with E-state index in [9.17, 15) is 0 Å². The summed E-state index contributed by atoms with van der Waals surface area (Å²) in [5.74, 6) is 1.14. The van der Waals surface area contributed by atoms with Gasteiger partial charge in [0.05, 0.1) is 6.54 Å². The Balaban J connectivity index is 2.11. The Morgan fingerprint density at radius 1 is 1.47 bits per heavy atom. The van der Waals surface area contributed by atoms with Crippen molar-refractivity contribution in [1.82, 2.24) is 10.1 Å². The average molecular weight is 248 g/mol. The van der Waals surface area contributed by atoms with Crippen LogP contribution < -0.4 is 11.1 Å². The molecule has 0 aliphatic carbocycles. The summed E-state index contributed by atoms with van der Waals surface area (Å²) >= 11 is 4.97. The molecular weight excluding hydrogens is 236 g/mol. The van der Waals surface area contributed by atoms with E-state index in [1.54, 1.807) is 6.92 Å². The van der Waals surface area contributed by atoms with Gasteiger partial charge in [-0.2, -0.15) is 4.98 Å². The molecule has 0 saturated heterocycles. The number of nitrogens with one attached hydrogen (secondary N) is 1. The highest BCUT2D eigenvalue weighted by atomic mass is 32.1. The average Bonchev–Trinajstić information content (AvgIpc) is 2.73. The number of hydrogen-bond donors (Lipinski definition) is 2. The molecule has 88 valence electrons. The second kappa shape index (κ2) is 4.92. The lowest BCUT2D eigenvalue weighted by Gasteiger charge is -2.08. The van der Waals surface area contributed by atoms with Crippen LogP contribution >= 0.6 is 12.2 Å². The predicted octanol–water partition coefficient (Wildman–Crippen LogP) is 1.62. The minimum Gasteiger partial charge on any atom is -0.389 e. The zero-order valence-corrected chi connectivity index (χ0v) is 10.1. The second-order valence-electron chi connectivity index (χ2n) is 3.49. The van der Waals surface area contributed by atoms with Crippen LogP contribution in [0.15, 0.2) is 28.8 Å². The van der Waals surface area contributed by atoms with Crippen molar-refractivity contribution >= 4 is 22.9 Å². The number of aryl methyl sites for hydroxylation is 1. The Hall–Kier alpha value is -1.95. The fourth-order valence-corrected chi connectivity index (χ4v) is 1.62. The first-order valence-electron chi connectivity index (χ1n) is 5.08. The van der Waals surface area contributed by atoms with Gasteiger partial charge in [-0.25, -0.2) is 0 Å². The minimum absolute atomic E-state index is 0.359. The van der Waals surface area contributed by atoms with Crippen LogP contribution in [0.1, 0.15) is 17.3 Å². The van der Waals surface area contributed by atoms with E-state index in [1.807, 2.05) is 24.3 Å². The van der Waals surface area contributed by atoms with Gasteiger partial charge in [0.1, 0.15) is 4.99 Å². The van der Waals surface area contributed by atoms with Crippen molar-refractivity contribution in [3.63, 3.8) is 0 Å². The standard InChI is InChI=1S/C11H12N4OS/c1-7-14-10(15-16-7)6-13-9-5-3-2-4-8(9)11(12)17/h2-5,13H,6H2,1H3,(H2,12,17). The van der Waals surface area contributed by atoms with Crippen LogP contribution in [-0.4, -0.2) is 15.1 Å². The largest absolute Gasteiger partial charge is 0.389 e. The van der Waals surface area contributed by atoms with Gasteiger partial charge in [-0.3, -0.25) is 0 Å². The number of aromatic nitrogens is 2. The molecule has 1 heterocycles. The maximum Gasteiger partial charge on any atom is 0.223 e. The van der Waals surface area contributed by atoms with E-state index in [2.05, 4.69) is 15.5 Å². The Labute approximate surface area is 104 Å². The van der Waals surface area contributed by atoms with Crippen LogP contribution in [-0.2, 0) is 6.54 Å². The van der Waals surface area contributed by atoms with Crippen molar-refractivity contribution in [2.75, 3.05) is 5.32 Å². The van der Waals surface area contributed by atoms with Gasteiger partial charge in [-0.1, -0.05) is 29.5 Å². The molecule has 0 amide bonds. The van der Waals surface area contributed by atoms with Gasteiger partial charge in [0.25, 0.3) is 0 Å². The summed E-state index contributed by atoms with van der Waals surface area (Å²) in [4.78, 5) is 4.45. The van der Waals surface area contributed by atoms with Crippen molar-refractivity contribution in [2.45, 2.75) is 13.5 Å². The van der Waals surface area contributed by atoms with Crippen molar-refractivity contribution in [2.24, 2.45) is 5.73 Å². The number of para-hydroxylation sites is 1. The molecule has 17 heavy (non-hydrogen) atoms. The first kappa shape index (κ1) is 11.5. The molecule has 0 atom stereocenters. The van der Waals surface area contributed by atoms with Crippen molar-refractivity contribution in [1.29, 1.82) is 0 Å². The molecule has 2 rings (SSSR count). The summed E-state index contributed by atoms with van der Waals surface area (Å²) in [6, 6.07) is 7.57. The molecule has 0 bridgehead atoms. The molecule has 0 aliphatic heterocycles. The van der Waals surface area contributed by atoms with Crippen molar-refractivity contribution in [3.05, 3.63) is 41.5 Å². The highest BCUT2D eigenvalue weighted by Crippen LogP contribution is 2.15. The third-order valence-corrected chi connectivity index (χ3v) is 2.42. The number of rotatable bonds is 4. The maximum atomic E-state index is 5.63. The molecule has 0 unspecified atom stereocenters. The van der Waals surface area contributed by atoms with E-state index >= 15 is 0 Å². The fourth-order valence-electron chi connectivity index (χ4n) is 1.44. The first-order chi connectivity index (χ1) is 8.16. The van der Waals surface area contributed by atoms with Crippen LogP contribution in [0.3, 0.4) is 0 Å². The predicted molar refractivity (Wildman–Crippen MR) is 68.7 cm³/mol. The van der Waals surface area contributed by atoms with Gasteiger partial charge in [0, 0.05) is 18.2 Å². The lowest BCUT2D eigenvalue weighted by atomic mass is 10.2. The normalized spacial score (nSPS) is 10.2. The molecule has 1 aromatic heterocycles. The first-order valence-corrected chi connectivity index (χ1v) is 5.49.